The predicted octanol–water partition coefficient (Wildman–Crippen LogP) is 4.38. The van der Waals surface area contributed by atoms with Gasteiger partial charge in [-0.2, -0.15) is 0 Å². The molecule has 3 aromatic rings. The van der Waals surface area contributed by atoms with Crippen molar-refractivity contribution in [1.82, 2.24) is 15.1 Å². The van der Waals surface area contributed by atoms with E-state index >= 15 is 0 Å². The van der Waals surface area contributed by atoms with Gasteiger partial charge >= 0.3 is 0 Å². The van der Waals surface area contributed by atoms with Crippen LogP contribution in [0.15, 0.2) is 52.9 Å². The van der Waals surface area contributed by atoms with Gasteiger partial charge in [0.15, 0.2) is 0 Å². The molecule has 0 fully saturated rings. The fourth-order valence-corrected chi connectivity index (χ4v) is 2.46. The number of aryl methyl sites for hydroxylation is 1. The SMILES string of the molecule is Cc1ccc(-c2nnc(C(C)N(C)Cc3cccc(F)c3)o2)cc1. The number of nitrogens with zero attached hydrogens (tertiary/aromatic N) is 3. The number of hydrogen-bond acceptors (Lipinski definition) is 4. The van der Waals surface area contributed by atoms with Crippen molar-refractivity contribution in [2.24, 2.45) is 0 Å². The van der Waals surface area contributed by atoms with E-state index in [1.807, 2.05) is 56.1 Å². The molecular formula is C19H20FN3O. The summed E-state index contributed by atoms with van der Waals surface area (Å²) in [5.41, 5.74) is 2.99. The topological polar surface area (TPSA) is 42.2 Å². The van der Waals surface area contributed by atoms with Crippen LogP contribution in [0.1, 0.15) is 30.0 Å². The molecule has 0 aliphatic carbocycles. The highest BCUT2D eigenvalue weighted by Crippen LogP contribution is 2.24. The van der Waals surface area contributed by atoms with Crippen LogP contribution in [0.25, 0.3) is 11.5 Å². The molecule has 0 radical (unpaired) electrons. The normalized spacial score (nSPS) is 12.5. The highest BCUT2D eigenvalue weighted by molar-refractivity contribution is 5.52. The summed E-state index contributed by atoms with van der Waals surface area (Å²) < 4.78 is 19.1. The van der Waals surface area contributed by atoms with Crippen molar-refractivity contribution in [3.8, 4) is 11.5 Å². The van der Waals surface area contributed by atoms with E-state index < -0.39 is 0 Å². The molecule has 0 saturated carbocycles. The highest BCUT2D eigenvalue weighted by Gasteiger charge is 2.19. The summed E-state index contributed by atoms with van der Waals surface area (Å²) >= 11 is 0. The Morgan fingerprint density at radius 2 is 1.88 bits per heavy atom. The second-order valence-corrected chi connectivity index (χ2v) is 6.03. The zero-order chi connectivity index (χ0) is 17.1. The third kappa shape index (κ3) is 3.68. The zero-order valence-electron chi connectivity index (χ0n) is 14.0. The number of halogens is 1. The van der Waals surface area contributed by atoms with Gasteiger partial charge in [0.05, 0.1) is 6.04 Å². The minimum absolute atomic E-state index is 0.0695. The molecule has 1 aromatic heterocycles. The van der Waals surface area contributed by atoms with Gasteiger partial charge in [0, 0.05) is 12.1 Å². The number of benzene rings is 2. The van der Waals surface area contributed by atoms with Gasteiger partial charge in [0.1, 0.15) is 5.82 Å². The first kappa shape index (κ1) is 16.3. The Bertz CT molecular complexity index is 813. The number of hydrogen-bond donors (Lipinski definition) is 0. The van der Waals surface area contributed by atoms with E-state index in [9.17, 15) is 4.39 Å². The van der Waals surface area contributed by atoms with Gasteiger partial charge in [-0.25, -0.2) is 4.39 Å². The van der Waals surface area contributed by atoms with E-state index in [-0.39, 0.29) is 11.9 Å². The summed E-state index contributed by atoms with van der Waals surface area (Å²) in [5, 5.41) is 8.30. The highest BCUT2D eigenvalue weighted by atomic mass is 19.1. The van der Waals surface area contributed by atoms with Crippen LogP contribution >= 0.6 is 0 Å². The Balaban J connectivity index is 1.73. The van der Waals surface area contributed by atoms with Crippen molar-refractivity contribution >= 4 is 0 Å². The van der Waals surface area contributed by atoms with Crippen LogP contribution in [0.2, 0.25) is 0 Å². The monoisotopic (exact) mass is 325 g/mol. The lowest BCUT2D eigenvalue weighted by Crippen LogP contribution is -2.22. The number of aromatic nitrogens is 2. The Labute approximate surface area is 140 Å². The van der Waals surface area contributed by atoms with E-state index in [2.05, 4.69) is 10.2 Å². The second kappa shape index (κ2) is 6.93. The van der Waals surface area contributed by atoms with Crippen molar-refractivity contribution in [1.29, 1.82) is 0 Å². The van der Waals surface area contributed by atoms with Gasteiger partial charge in [0.2, 0.25) is 11.8 Å². The Kier molecular flexibility index (Phi) is 4.71. The lowest BCUT2D eigenvalue weighted by molar-refractivity contribution is 0.218. The molecule has 124 valence electrons. The first-order valence-electron chi connectivity index (χ1n) is 7.88. The van der Waals surface area contributed by atoms with E-state index in [0.29, 0.717) is 18.3 Å². The maximum atomic E-state index is 13.3. The van der Waals surface area contributed by atoms with Crippen LogP contribution in [-0.4, -0.2) is 22.1 Å². The molecule has 24 heavy (non-hydrogen) atoms. The molecular weight excluding hydrogens is 305 g/mol. The lowest BCUT2D eigenvalue weighted by atomic mass is 10.1. The standard InChI is InChI=1S/C19H20FN3O/c1-13-7-9-16(10-8-13)19-22-21-18(24-19)14(2)23(3)12-15-5-4-6-17(20)11-15/h4-11,14H,12H2,1-3H3. The first-order chi connectivity index (χ1) is 11.5. The average molecular weight is 325 g/mol. The predicted molar refractivity (Wildman–Crippen MR) is 90.8 cm³/mol. The molecule has 0 N–H and O–H groups in total. The molecule has 1 atom stereocenters. The van der Waals surface area contributed by atoms with Crippen molar-refractivity contribution in [3.05, 3.63) is 71.4 Å². The summed E-state index contributed by atoms with van der Waals surface area (Å²) in [5.74, 6) is 0.827. The van der Waals surface area contributed by atoms with Crippen molar-refractivity contribution in [2.45, 2.75) is 26.4 Å². The molecule has 5 heteroatoms. The average Bonchev–Trinajstić information content (AvgIpc) is 3.04. The molecule has 1 heterocycles. The zero-order valence-corrected chi connectivity index (χ0v) is 14.0. The van der Waals surface area contributed by atoms with Crippen molar-refractivity contribution < 1.29 is 8.81 Å². The van der Waals surface area contributed by atoms with Crippen LogP contribution in [-0.2, 0) is 6.54 Å². The third-order valence-electron chi connectivity index (χ3n) is 4.08. The smallest absolute Gasteiger partial charge is 0.247 e. The van der Waals surface area contributed by atoms with Gasteiger partial charge in [-0.1, -0.05) is 29.8 Å². The number of rotatable bonds is 5. The maximum Gasteiger partial charge on any atom is 0.247 e. The van der Waals surface area contributed by atoms with Gasteiger partial charge < -0.3 is 4.42 Å². The Morgan fingerprint density at radius 3 is 2.58 bits per heavy atom. The van der Waals surface area contributed by atoms with Crippen molar-refractivity contribution in [3.63, 3.8) is 0 Å². The fraction of sp³-hybridized carbons (Fsp3) is 0.263. The largest absolute Gasteiger partial charge is 0.419 e. The van der Waals surface area contributed by atoms with Crippen LogP contribution in [0, 0.1) is 12.7 Å². The minimum atomic E-state index is -0.229. The maximum absolute atomic E-state index is 13.3. The fourth-order valence-electron chi connectivity index (χ4n) is 2.46. The lowest BCUT2D eigenvalue weighted by Gasteiger charge is -2.21. The van der Waals surface area contributed by atoms with Crippen molar-refractivity contribution in [2.75, 3.05) is 7.05 Å². The summed E-state index contributed by atoms with van der Waals surface area (Å²) in [7, 11) is 1.95. The van der Waals surface area contributed by atoms with Gasteiger partial charge in [0.25, 0.3) is 0 Å². The molecule has 3 rings (SSSR count). The molecule has 0 aliphatic heterocycles. The van der Waals surface area contributed by atoms with E-state index in [1.165, 1.54) is 17.7 Å². The third-order valence-corrected chi connectivity index (χ3v) is 4.08. The molecule has 0 spiro atoms. The summed E-state index contributed by atoms with van der Waals surface area (Å²) in [6.07, 6.45) is 0. The van der Waals surface area contributed by atoms with Gasteiger partial charge in [-0.15, -0.1) is 10.2 Å². The first-order valence-corrected chi connectivity index (χ1v) is 7.88. The molecule has 1 unspecified atom stereocenters. The molecule has 4 nitrogen and oxygen atoms in total. The molecule has 2 aromatic carbocycles. The van der Waals surface area contributed by atoms with Gasteiger partial charge in [-0.05, 0) is 50.7 Å². The molecule has 0 saturated heterocycles. The van der Waals surface area contributed by atoms with E-state index in [1.54, 1.807) is 6.07 Å². The summed E-state index contributed by atoms with van der Waals surface area (Å²) in [6, 6.07) is 14.5. The van der Waals surface area contributed by atoms with Crippen LogP contribution in [0.5, 0.6) is 0 Å². The van der Waals surface area contributed by atoms with E-state index in [0.717, 1.165) is 11.1 Å². The van der Waals surface area contributed by atoms with Gasteiger partial charge in [-0.3, -0.25) is 4.90 Å². The second-order valence-electron chi connectivity index (χ2n) is 6.03. The molecule has 0 amide bonds. The van der Waals surface area contributed by atoms with Crippen LogP contribution < -0.4 is 0 Å². The Hall–Kier alpha value is -2.53. The summed E-state index contributed by atoms with van der Waals surface area (Å²) in [4.78, 5) is 2.04. The van der Waals surface area contributed by atoms with Crippen LogP contribution in [0.3, 0.4) is 0 Å². The van der Waals surface area contributed by atoms with E-state index in [4.69, 9.17) is 4.42 Å². The van der Waals surface area contributed by atoms with Crippen LogP contribution in [0.4, 0.5) is 4.39 Å². The summed E-state index contributed by atoms with van der Waals surface area (Å²) in [6.45, 7) is 4.62. The quantitative estimate of drug-likeness (QED) is 0.698. The molecule has 0 aliphatic rings. The minimum Gasteiger partial charge on any atom is -0.419 e. The Morgan fingerprint density at radius 1 is 1.12 bits per heavy atom. The molecule has 0 bridgehead atoms.